The van der Waals surface area contributed by atoms with Gasteiger partial charge >= 0.3 is 0 Å². The van der Waals surface area contributed by atoms with Crippen LogP contribution >= 0.6 is 11.6 Å². The van der Waals surface area contributed by atoms with Crippen molar-refractivity contribution in [2.24, 2.45) is 0 Å². The summed E-state index contributed by atoms with van der Waals surface area (Å²) in [6.07, 6.45) is 0. The molecule has 98 valence electrons. The predicted octanol–water partition coefficient (Wildman–Crippen LogP) is 0.0443. The van der Waals surface area contributed by atoms with Crippen LogP contribution in [-0.2, 0) is 4.79 Å². The van der Waals surface area contributed by atoms with Gasteiger partial charge in [0, 0.05) is 26.2 Å². The van der Waals surface area contributed by atoms with Crippen molar-refractivity contribution in [3.05, 3.63) is 17.3 Å². The van der Waals surface area contributed by atoms with Gasteiger partial charge in [-0.3, -0.25) is 4.79 Å². The van der Waals surface area contributed by atoms with Crippen molar-refractivity contribution in [1.82, 2.24) is 20.8 Å². The van der Waals surface area contributed by atoms with Crippen molar-refractivity contribution in [2.75, 3.05) is 31.1 Å². The highest BCUT2D eigenvalue weighted by atomic mass is 35.5. The molecule has 1 fully saturated rings. The molecular weight excluding hydrogens is 254 g/mol. The molecule has 0 radical (unpaired) electrons. The molecule has 1 saturated heterocycles. The van der Waals surface area contributed by atoms with Gasteiger partial charge in [0.25, 0.3) is 0 Å². The van der Waals surface area contributed by atoms with E-state index < -0.39 is 0 Å². The number of nitrogens with one attached hydrogen (secondary N) is 2. The number of anilines is 1. The predicted molar refractivity (Wildman–Crippen MR) is 69.7 cm³/mol. The Morgan fingerprint density at radius 2 is 2.44 bits per heavy atom. The maximum atomic E-state index is 12.0. The first-order valence-electron chi connectivity index (χ1n) is 5.96. The Balaban J connectivity index is 2.17. The smallest absolute Gasteiger partial charge is 0.244 e. The van der Waals surface area contributed by atoms with Crippen LogP contribution in [0.4, 0.5) is 5.82 Å². The minimum absolute atomic E-state index is 0.00134. The summed E-state index contributed by atoms with van der Waals surface area (Å²) in [5.41, 5.74) is 0. The van der Waals surface area contributed by atoms with Gasteiger partial charge in [-0.15, -0.1) is 10.2 Å². The molecule has 1 unspecified atom stereocenters. The first-order valence-corrected chi connectivity index (χ1v) is 6.34. The highest BCUT2D eigenvalue weighted by Gasteiger charge is 2.29. The topological polar surface area (TPSA) is 70.2 Å². The van der Waals surface area contributed by atoms with Gasteiger partial charge in [-0.1, -0.05) is 11.6 Å². The van der Waals surface area contributed by atoms with Crippen molar-refractivity contribution in [3.8, 4) is 0 Å². The van der Waals surface area contributed by atoms with Gasteiger partial charge in [-0.2, -0.15) is 0 Å². The summed E-state index contributed by atoms with van der Waals surface area (Å²) in [4.78, 5) is 13.9. The monoisotopic (exact) mass is 269 g/mol. The first kappa shape index (κ1) is 13.0. The average Bonchev–Trinajstić information content (AvgIpc) is 2.40. The summed E-state index contributed by atoms with van der Waals surface area (Å²) >= 11 is 5.72. The number of carbonyl (C=O) groups excluding carboxylic acids is 1. The number of carbonyl (C=O) groups is 1. The van der Waals surface area contributed by atoms with Gasteiger partial charge in [0.05, 0.1) is 0 Å². The number of halogens is 1. The fraction of sp³-hybridized carbons (Fsp3) is 0.545. The maximum absolute atomic E-state index is 12.0. The fourth-order valence-electron chi connectivity index (χ4n) is 1.97. The molecule has 0 aromatic carbocycles. The second-order valence-electron chi connectivity index (χ2n) is 4.02. The van der Waals surface area contributed by atoms with Crippen LogP contribution in [0.2, 0.25) is 5.15 Å². The summed E-state index contributed by atoms with van der Waals surface area (Å²) < 4.78 is 0. The average molecular weight is 270 g/mol. The molecule has 7 heteroatoms. The van der Waals surface area contributed by atoms with Crippen molar-refractivity contribution in [3.63, 3.8) is 0 Å². The third kappa shape index (κ3) is 2.88. The van der Waals surface area contributed by atoms with Crippen molar-refractivity contribution in [1.29, 1.82) is 0 Å². The molecule has 2 heterocycles. The molecule has 1 aromatic heterocycles. The summed E-state index contributed by atoms with van der Waals surface area (Å²) in [5.74, 6) is 0.679. The number of piperazine rings is 1. The number of nitrogens with zero attached hydrogens (tertiary/aromatic N) is 3. The van der Waals surface area contributed by atoms with Crippen LogP contribution in [0.15, 0.2) is 12.1 Å². The second kappa shape index (κ2) is 5.97. The summed E-state index contributed by atoms with van der Waals surface area (Å²) in [6, 6.07) is 3.21. The van der Waals surface area contributed by atoms with Crippen LogP contribution in [0.25, 0.3) is 0 Å². The Morgan fingerprint density at radius 3 is 3.11 bits per heavy atom. The van der Waals surface area contributed by atoms with Crippen LogP contribution < -0.4 is 15.5 Å². The number of rotatable bonds is 3. The van der Waals surface area contributed by atoms with Crippen LogP contribution in [0.1, 0.15) is 6.92 Å². The van der Waals surface area contributed by atoms with Gasteiger partial charge in [0.1, 0.15) is 6.04 Å². The number of amides is 1. The van der Waals surface area contributed by atoms with Gasteiger partial charge < -0.3 is 15.5 Å². The Labute approximate surface area is 111 Å². The first-order chi connectivity index (χ1) is 8.72. The molecule has 1 aliphatic rings. The molecule has 1 amide bonds. The lowest BCUT2D eigenvalue weighted by molar-refractivity contribution is -0.122. The SMILES string of the molecule is CCNC(=O)C1CNCCN1c1ccc(Cl)nn1. The number of likely N-dealkylation sites (N-methyl/N-ethyl adjacent to an activating group) is 1. The van der Waals surface area contributed by atoms with E-state index in [0.717, 1.165) is 13.1 Å². The highest BCUT2D eigenvalue weighted by molar-refractivity contribution is 6.29. The van der Waals surface area contributed by atoms with E-state index in [1.165, 1.54) is 0 Å². The zero-order valence-electron chi connectivity index (χ0n) is 10.2. The number of aromatic nitrogens is 2. The minimum Gasteiger partial charge on any atom is -0.355 e. The van der Waals surface area contributed by atoms with Crippen molar-refractivity contribution >= 4 is 23.3 Å². The summed E-state index contributed by atoms with van der Waals surface area (Å²) in [5, 5.41) is 14.2. The van der Waals surface area contributed by atoms with E-state index in [2.05, 4.69) is 20.8 Å². The summed E-state index contributed by atoms with van der Waals surface area (Å²) in [7, 11) is 0. The second-order valence-corrected chi connectivity index (χ2v) is 4.41. The Hall–Kier alpha value is -1.40. The molecule has 0 aliphatic carbocycles. The van der Waals surface area contributed by atoms with E-state index in [1.54, 1.807) is 12.1 Å². The quantitative estimate of drug-likeness (QED) is 0.811. The molecule has 0 bridgehead atoms. The molecule has 2 rings (SSSR count). The molecule has 1 aromatic rings. The lowest BCUT2D eigenvalue weighted by Crippen LogP contribution is -2.58. The van der Waals surface area contributed by atoms with E-state index in [-0.39, 0.29) is 11.9 Å². The van der Waals surface area contributed by atoms with Gasteiger partial charge in [-0.05, 0) is 19.1 Å². The van der Waals surface area contributed by atoms with Crippen LogP contribution in [0.3, 0.4) is 0 Å². The van der Waals surface area contributed by atoms with Gasteiger partial charge in [0.15, 0.2) is 11.0 Å². The van der Waals surface area contributed by atoms with Crippen molar-refractivity contribution < 1.29 is 4.79 Å². The van der Waals surface area contributed by atoms with Crippen LogP contribution in [0.5, 0.6) is 0 Å². The lowest BCUT2D eigenvalue weighted by atomic mass is 10.1. The van der Waals surface area contributed by atoms with E-state index in [1.807, 2.05) is 11.8 Å². The van der Waals surface area contributed by atoms with Crippen LogP contribution in [0, 0.1) is 0 Å². The normalized spacial score (nSPS) is 19.7. The zero-order chi connectivity index (χ0) is 13.0. The van der Waals surface area contributed by atoms with Crippen LogP contribution in [-0.4, -0.2) is 48.3 Å². The van der Waals surface area contributed by atoms with E-state index in [0.29, 0.717) is 24.1 Å². The van der Waals surface area contributed by atoms with E-state index in [9.17, 15) is 4.79 Å². The summed E-state index contributed by atoms with van der Waals surface area (Å²) in [6.45, 7) is 4.67. The highest BCUT2D eigenvalue weighted by Crippen LogP contribution is 2.16. The number of hydrogen-bond donors (Lipinski definition) is 2. The molecule has 0 saturated carbocycles. The Morgan fingerprint density at radius 1 is 1.61 bits per heavy atom. The molecule has 1 aliphatic heterocycles. The molecule has 0 spiro atoms. The third-order valence-electron chi connectivity index (χ3n) is 2.81. The van der Waals surface area contributed by atoms with E-state index in [4.69, 9.17) is 11.6 Å². The molecule has 6 nitrogen and oxygen atoms in total. The molecule has 18 heavy (non-hydrogen) atoms. The lowest BCUT2D eigenvalue weighted by Gasteiger charge is -2.35. The third-order valence-corrected chi connectivity index (χ3v) is 3.01. The Kier molecular flexibility index (Phi) is 4.33. The molecule has 1 atom stereocenters. The van der Waals surface area contributed by atoms with E-state index >= 15 is 0 Å². The molecule has 2 N–H and O–H groups in total. The van der Waals surface area contributed by atoms with Gasteiger partial charge in [0.2, 0.25) is 5.91 Å². The van der Waals surface area contributed by atoms with Crippen molar-refractivity contribution in [2.45, 2.75) is 13.0 Å². The molecular formula is C11H16ClN5O. The standard InChI is InChI=1S/C11H16ClN5O/c1-2-14-11(18)8-7-13-5-6-17(8)10-4-3-9(12)15-16-10/h3-4,8,13H,2,5-7H2,1H3,(H,14,18). The zero-order valence-corrected chi connectivity index (χ0v) is 10.9. The fourth-order valence-corrected chi connectivity index (χ4v) is 2.07. The Bertz CT molecular complexity index is 410. The number of hydrogen-bond acceptors (Lipinski definition) is 5. The maximum Gasteiger partial charge on any atom is 0.244 e. The minimum atomic E-state index is -0.255. The van der Waals surface area contributed by atoms with Gasteiger partial charge in [-0.25, -0.2) is 0 Å². The largest absolute Gasteiger partial charge is 0.355 e.